The van der Waals surface area contributed by atoms with E-state index >= 15 is 0 Å². The number of nitrogens with zero attached hydrogens (tertiary/aromatic N) is 1. The molecule has 2 fully saturated rings. The zero-order chi connectivity index (χ0) is 16.1. The summed E-state index contributed by atoms with van der Waals surface area (Å²) in [5.41, 5.74) is 0.950. The molecule has 2 aliphatic carbocycles. The van der Waals surface area contributed by atoms with Crippen LogP contribution in [-0.2, 0) is 9.63 Å². The van der Waals surface area contributed by atoms with Crippen molar-refractivity contribution in [2.45, 2.75) is 64.1 Å². The van der Waals surface area contributed by atoms with Gasteiger partial charge in [0, 0.05) is 5.92 Å². The lowest BCUT2D eigenvalue weighted by molar-refractivity contribution is -0.138. The highest BCUT2D eigenvalue weighted by Crippen LogP contribution is 2.49. The van der Waals surface area contributed by atoms with E-state index in [4.69, 9.17) is 9.94 Å². The third-order valence-corrected chi connectivity index (χ3v) is 4.95. The summed E-state index contributed by atoms with van der Waals surface area (Å²) >= 11 is 0. The lowest BCUT2D eigenvalue weighted by Crippen LogP contribution is -2.38. The zero-order valence-electron chi connectivity index (χ0n) is 13.1. The van der Waals surface area contributed by atoms with Gasteiger partial charge in [0.2, 0.25) is 0 Å². The van der Waals surface area contributed by atoms with Crippen molar-refractivity contribution < 1.29 is 25.0 Å². The summed E-state index contributed by atoms with van der Waals surface area (Å²) in [6, 6.07) is 0. The molecule has 0 aromatic heterocycles. The second kappa shape index (κ2) is 7.92. The second-order valence-electron chi connectivity index (χ2n) is 6.54. The maximum absolute atomic E-state index is 10.4. The van der Waals surface area contributed by atoms with Crippen molar-refractivity contribution >= 4 is 11.7 Å². The smallest absolute Gasteiger partial charge is 0.306 e. The van der Waals surface area contributed by atoms with Crippen molar-refractivity contribution in [3.05, 3.63) is 0 Å². The highest BCUT2D eigenvalue weighted by atomic mass is 16.6. The lowest BCUT2D eigenvalue weighted by Gasteiger charge is -2.33. The van der Waals surface area contributed by atoms with Gasteiger partial charge >= 0.3 is 5.97 Å². The van der Waals surface area contributed by atoms with E-state index in [-0.39, 0.29) is 43.0 Å². The lowest BCUT2D eigenvalue weighted by atomic mass is 9.73. The molecule has 0 heterocycles. The quantitative estimate of drug-likeness (QED) is 0.445. The number of aliphatic carboxylic acids is 1. The first kappa shape index (κ1) is 17.2. The highest BCUT2D eigenvalue weighted by Gasteiger charge is 2.51. The first-order valence-corrected chi connectivity index (χ1v) is 8.29. The molecule has 0 saturated heterocycles. The van der Waals surface area contributed by atoms with Gasteiger partial charge in [0.25, 0.3) is 0 Å². The highest BCUT2D eigenvalue weighted by molar-refractivity contribution is 5.93. The van der Waals surface area contributed by atoms with Gasteiger partial charge < -0.3 is 20.2 Å². The summed E-state index contributed by atoms with van der Waals surface area (Å²) < 4.78 is 0. The molecule has 0 aliphatic heterocycles. The topological polar surface area (TPSA) is 99.4 Å². The largest absolute Gasteiger partial charge is 0.481 e. The Morgan fingerprint density at radius 1 is 1.45 bits per heavy atom. The molecule has 0 aromatic carbocycles. The van der Waals surface area contributed by atoms with Gasteiger partial charge in [0.15, 0.2) is 0 Å². The fourth-order valence-electron chi connectivity index (χ4n) is 3.65. The van der Waals surface area contributed by atoms with Gasteiger partial charge in [-0.2, -0.15) is 0 Å². The van der Waals surface area contributed by atoms with Gasteiger partial charge in [-0.05, 0) is 43.9 Å². The molecule has 5 unspecified atom stereocenters. The molecule has 2 rings (SSSR count). The van der Waals surface area contributed by atoms with Gasteiger partial charge in [0.1, 0.15) is 6.61 Å². The molecule has 0 amide bonds. The molecular formula is C16H27NO5. The number of carbonyl (C=O) groups is 1. The summed E-state index contributed by atoms with van der Waals surface area (Å²) in [6.07, 6.45) is 4.41. The van der Waals surface area contributed by atoms with Crippen LogP contribution in [0, 0.1) is 17.8 Å². The van der Waals surface area contributed by atoms with E-state index in [1.807, 2.05) is 0 Å². The third kappa shape index (κ3) is 4.20. The number of aliphatic hydroxyl groups is 2. The Balaban J connectivity index is 1.74. The van der Waals surface area contributed by atoms with Crippen LogP contribution in [0.25, 0.3) is 0 Å². The maximum Gasteiger partial charge on any atom is 0.306 e. The molecule has 6 nitrogen and oxygen atoms in total. The van der Waals surface area contributed by atoms with Crippen LogP contribution in [0.15, 0.2) is 5.16 Å². The number of hydrogen-bond donors (Lipinski definition) is 3. The minimum atomic E-state index is -0.895. The standard InChI is InChI=1S/C16H27NO5/c1-2-3-11(18)5-4-10-8-12-13(16(10)21)9-14(12)17-22-7-6-15(19)20/h10-13,16,18,21H,2-9H2,1H3,(H,19,20). The van der Waals surface area contributed by atoms with Gasteiger partial charge in [0.05, 0.1) is 24.3 Å². The number of carboxylic acids is 1. The van der Waals surface area contributed by atoms with Crippen molar-refractivity contribution in [3.8, 4) is 0 Å². The second-order valence-corrected chi connectivity index (χ2v) is 6.54. The van der Waals surface area contributed by atoms with Crippen LogP contribution < -0.4 is 0 Å². The van der Waals surface area contributed by atoms with Crippen LogP contribution in [0.5, 0.6) is 0 Å². The predicted molar refractivity (Wildman–Crippen MR) is 81.5 cm³/mol. The Kier molecular flexibility index (Phi) is 6.20. The molecule has 2 aliphatic rings. The number of hydrogen-bond acceptors (Lipinski definition) is 5. The minimum Gasteiger partial charge on any atom is -0.481 e. The van der Waals surface area contributed by atoms with Crippen molar-refractivity contribution in [2.24, 2.45) is 22.9 Å². The Morgan fingerprint density at radius 2 is 2.23 bits per heavy atom. The SMILES string of the molecule is CCCC(O)CCC1CC2C(=NOCCC(=O)O)CC2C1O. The Hall–Kier alpha value is -1.14. The Bertz CT molecular complexity index is 411. The van der Waals surface area contributed by atoms with Crippen LogP contribution in [0.4, 0.5) is 0 Å². The van der Waals surface area contributed by atoms with Crippen LogP contribution in [0.3, 0.4) is 0 Å². The maximum atomic E-state index is 10.4. The molecule has 22 heavy (non-hydrogen) atoms. The zero-order valence-corrected chi connectivity index (χ0v) is 13.1. The third-order valence-electron chi connectivity index (χ3n) is 4.95. The molecule has 0 spiro atoms. The van der Waals surface area contributed by atoms with Crippen LogP contribution in [0.2, 0.25) is 0 Å². The van der Waals surface area contributed by atoms with Gasteiger partial charge in [-0.15, -0.1) is 0 Å². The predicted octanol–water partition coefficient (Wildman–Crippen LogP) is 1.79. The van der Waals surface area contributed by atoms with Crippen molar-refractivity contribution in [3.63, 3.8) is 0 Å². The monoisotopic (exact) mass is 313 g/mol. The first-order valence-electron chi connectivity index (χ1n) is 8.29. The molecule has 3 N–H and O–H groups in total. The van der Waals surface area contributed by atoms with E-state index in [0.29, 0.717) is 0 Å². The van der Waals surface area contributed by atoms with Crippen molar-refractivity contribution in [1.82, 2.24) is 0 Å². The number of oxime groups is 1. The molecule has 6 heteroatoms. The molecule has 2 saturated carbocycles. The van der Waals surface area contributed by atoms with E-state index < -0.39 is 5.97 Å². The molecule has 0 aromatic rings. The average molecular weight is 313 g/mol. The van der Waals surface area contributed by atoms with E-state index in [0.717, 1.165) is 44.2 Å². The Morgan fingerprint density at radius 3 is 2.91 bits per heavy atom. The number of fused-ring (bicyclic) bond motifs is 1. The van der Waals surface area contributed by atoms with E-state index in [1.54, 1.807) is 0 Å². The fourth-order valence-corrected chi connectivity index (χ4v) is 3.65. The van der Waals surface area contributed by atoms with Crippen LogP contribution in [-0.4, -0.2) is 45.8 Å². The molecule has 126 valence electrons. The molecule has 5 atom stereocenters. The van der Waals surface area contributed by atoms with E-state index in [9.17, 15) is 15.0 Å². The average Bonchev–Trinajstić information content (AvgIpc) is 2.68. The Labute approximate surface area is 131 Å². The number of aliphatic hydroxyl groups excluding tert-OH is 2. The normalized spacial score (nSPS) is 33.3. The van der Waals surface area contributed by atoms with Crippen molar-refractivity contribution in [2.75, 3.05) is 6.61 Å². The summed E-state index contributed by atoms with van der Waals surface area (Å²) in [4.78, 5) is 15.4. The van der Waals surface area contributed by atoms with Gasteiger partial charge in [-0.3, -0.25) is 4.79 Å². The number of rotatable bonds is 9. The van der Waals surface area contributed by atoms with Gasteiger partial charge in [-0.1, -0.05) is 18.5 Å². The van der Waals surface area contributed by atoms with Gasteiger partial charge in [-0.25, -0.2) is 0 Å². The summed E-state index contributed by atoms with van der Waals surface area (Å²) in [5, 5.41) is 32.7. The fraction of sp³-hybridized carbons (Fsp3) is 0.875. The molecule has 0 radical (unpaired) electrons. The molecular weight excluding hydrogens is 286 g/mol. The molecule has 0 bridgehead atoms. The number of carboxylic acid groups (broad SMARTS) is 1. The van der Waals surface area contributed by atoms with Crippen LogP contribution >= 0.6 is 0 Å². The van der Waals surface area contributed by atoms with E-state index in [2.05, 4.69) is 12.1 Å². The van der Waals surface area contributed by atoms with E-state index in [1.165, 1.54) is 0 Å². The van der Waals surface area contributed by atoms with Crippen LogP contribution in [0.1, 0.15) is 51.9 Å². The summed E-state index contributed by atoms with van der Waals surface area (Å²) in [6.45, 7) is 2.15. The minimum absolute atomic E-state index is 0.0502. The summed E-state index contributed by atoms with van der Waals surface area (Å²) in [7, 11) is 0. The first-order chi connectivity index (χ1) is 10.5. The summed E-state index contributed by atoms with van der Waals surface area (Å²) in [5.74, 6) is -0.134. The van der Waals surface area contributed by atoms with Crippen molar-refractivity contribution in [1.29, 1.82) is 0 Å².